The fourth-order valence-electron chi connectivity index (χ4n) is 3.83. The third-order valence-corrected chi connectivity index (χ3v) is 6.35. The molecule has 5 nitrogen and oxygen atoms in total. The third-order valence-electron chi connectivity index (χ3n) is 5.33. The lowest BCUT2D eigenvalue weighted by atomic mass is 10.0. The van der Waals surface area contributed by atoms with E-state index in [2.05, 4.69) is 69.8 Å². The maximum absolute atomic E-state index is 6.46. The second-order valence-corrected chi connectivity index (χ2v) is 8.53. The molecule has 0 saturated heterocycles. The Morgan fingerprint density at radius 3 is 2.86 bits per heavy atom. The number of nitrogens with two attached hydrogens (primary N) is 1. The normalized spacial score (nSPS) is 15.2. The van der Waals surface area contributed by atoms with Crippen LogP contribution in [0.3, 0.4) is 0 Å². The Bertz CT molecular complexity index is 1210. The van der Waals surface area contributed by atoms with Gasteiger partial charge < -0.3 is 5.73 Å². The molecule has 1 aliphatic heterocycles. The van der Waals surface area contributed by atoms with Crippen molar-refractivity contribution in [3.63, 3.8) is 0 Å². The summed E-state index contributed by atoms with van der Waals surface area (Å²) in [6.07, 6.45) is 0.844. The summed E-state index contributed by atoms with van der Waals surface area (Å²) in [6.45, 7) is 2.79. The highest BCUT2D eigenvalue weighted by atomic mass is 32.2. The number of hydrazone groups is 1. The van der Waals surface area contributed by atoms with Gasteiger partial charge in [-0.2, -0.15) is 10.2 Å². The van der Waals surface area contributed by atoms with Crippen LogP contribution in [0, 0.1) is 6.92 Å². The zero-order valence-corrected chi connectivity index (χ0v) is 17.1. The first-order chi connectivity index (χ1) is 14.2. The van der Waals surface area contributed by atoms with Gasteiger partial charge in [0, 0.05) is 22.7 Å². The van der Waals surface area contributed by atoms with E-state index >= 15 is 0 Å². The number of fused-ring (bicyclic) bond motifs is 2. The van der Waals surface area contributed by atoms with Crippen molar-refractivity contribution in [2.24, 2.45) is 10.8 Å². The second kappa shape index (κ2) is 7.54. The molecule has 0 amide bonds. The van der Waals surface area contributed by atoms with Crippen molar-refractivity contribution >= 4 is 38.5 Å². The molecule has 0 radical (unpaired) electrons. The molecule has 0 fully saturated rings. The summed E-state index contributed by atoms with van der Waals surface area (Å²) in [4.78, 5) is 0. The highest BCUT2D eigenvalue weighted by Crippen LogP contribution is 2.26. The van der Waals surface area contributed by atoms with Crippen LogP contribution in [0.5, 0.6) is 0 Å². The Kier molecular flexibility index (Phi) is 4.73. The van der Waals surface area contributed by atoms with E-state index in [-0.39, 0.29) is 6.04 Å². The fraction of sp³-hybridized carbons (Fsp3) is 0.217. The SMILES string of the molecule is Cc1[nH]nc2ccc(C3=NN(CC(N)Cc4ccc5ccccc5c4)CS3)cc12. The van der Waals surface area contributed by atoms with Gasteiger partial charge in [-0.3, -0.25) is 10.1 Å². The predicted octanol–water partition coefficient (Wildman–Crippen LogP) is 4.26. The van der Waals surface area contributed by atoms with Crippen molar-refractivity contribution in [1.82, 2.24) is 15.2 Å². The Labute approximate surface area is 174 Å². The lowest BCUT2D eigenvalue weighted by Gasteiger charge is -2.18. The Hall–Kier alpha value is -2.83. The lowest BCUT2D eigenvalue weighted by Crippen LogP contribution is -2.35. The fourth-order valence-corrected chi connectivity index (χ4v) is 4.73. The van der Waals surface area contributed by atoms with Crippen LogP contribution in [0.1, 0.15) is 16.8 Å². The number of hydrogen-bond donors (Lipinski definition) is 2. The summed E-state index contributed by atoms with van der Waals surface area (Å²) in [5, 5.41) is 19.0. The van der Waals surface area contributed by atoms with E-state index in [4.69, 9.17) is 10.8 Å². The first kappa shape index (κ1) is 18.2. The quantitative estimate of drug-likeness (QED) is 0.524. The molecular formula is C23H23N5S. The number of aromatic amines is 1. The molecular weight excluding hydrogens is 378 g/mol. The molecule has 146 valence electrons. The van der Waals surface area contributed by atoms with E-state index in [1.54, 1.807) is 11.8 Å². The van der Waals surface area contributed by atoms with E-state index in [1.165, 1.54) is 16.3 Å². The molecule has 1 aromatic heterocycles. The Balaban J connectivity index is 1.27. The highest BCUT2D eigenvalue weighted by molar-refractivity contribution is 8.14. The molecule has 3 N–H and O–H groups in total. The van der Waals surface area contributed by atoms with Crippen molar-refractivity contribution < 1.29 is 0 Å². The van der Waals surface area contributed by atoms with Crippen LogP contribution in [0.4, 0.5) is 0 Å². The summed E-state index contributed by atoms with van der Waals surface area (Å²) in [6, 6.07) is 21.4. The number of thioether (sulfide) groups is 1. The van der Waals surface area contributed by atoms with Crippen LogP contribution in [0.15, 0.2) is 65.8 Å². The largest absolute Gasteiger partial charge is 0.326 e. The van der Waals surface area contributed by atoms with Gasteiger partial charge in [0.1, 0.15) is 5.04 Å². The number of nitrogens with zero attached hydrogens (tertiary/aromatic N) is 3. The van der Waals surface area contributed by atoms with Gasteiger partial charge in [0.05, 0.1) is 17.9 Å². The molecule has 6 heteroatoms. The minimum atomic E-state index is 0.0402. The molecule has 5 rings (SSSR count). The van der Waals surface area contributed by atoms with Crippen molar-refractivity contribution in [2.45, 2.75) is 19.4 Å². The van der Waals surface area contributed by atoms with Crippen molar-refractivity contribution in [2.75, 3.05) is 12.4 Å². The first-order valence-electron chi connectivity index (χ1n) is 9.80. The zero-order chi connectivity index (χ0) is 19.8. The maximum Gasteiger partial charge on any atom is 0.125 e. The van der Waals surface area contributed by atoms with E-state index in [1.807, 2.05) is 13.0 Å². The van der Waals surface area contributed by atoms with Crippen LogP contribution < -0.4 is 5.73 Å². The summed E-state index contributed by atoms with van der Waals surface area (Å²) < 4.78 is 0. The van der Waals surface area contributed by atoms with Crippen LogP contribution in [0.25, 0.3) is 21.7 Å². The van der Waals surface area contributed by atoms with Crippen LogP contribution in [-0.2, 0) is 6.42 Å². The smallest absolute Gasteiger partial charge is 0.125 e. The number of hydrogen-bond acceptors (Lipinski definition) is 5. The summed E-state index contributed by atoms with van der Waals surface area (Å²) in [7, 11) is 0. The predicted molar refractivity (Wildman–Crippen MR) is 122 cm³/mol. The number of nitrogens with one attached hydrogen (secondary N) is 1. The van der Waals surface area contributed by atoms with Gasteiger partial charge in [-0.1, -0.05) is 54.2 Å². The molecule has 0 saturated carbocycles. The molecule has 4 aromatic rings. The maximum atomic E-state index is 6.46. The number of aromatic nitrogens is 2. The average Bonchev–Trinajstić information content (AvgIpc) is 3.34. The van der Waals surface area contributed by atoms with Crippen molar-refractivity contribution in [3.05, 3.63) is 77.5 Å². The van der Waals surface area contributed by atoms with Crippen LogP contribution >= 0.6 is 11.8 Å². The Morgan fingerprint density at radius 1 is 1.10 bits per heavy atom. The molecule has 3 aromatic carbocycles. The van der Waals surface area contributed by atoms with Gasteiger partial charge in [-0.25, -0.2) is 0 Å². The first-order valence-corrected chi connectivity index (χ1v) is 10.8. The zero-order valence-electron chi connectivity index (χ0n) is 16.3. The molecule has 0 aliphatic carbocycles. The minimum absolute atomic E-state index is 0.0402. The summed E-state index contributed by atoms with van der Waals surface area (Å²) in [5.74, 6) is 0.836. The van der Waals surface area contributed by atoms with Gasteiger partial charge in [-0.05, 0) is 47.9 Å². The molecule has 0 spiro atoms. The van der Waals surface area contributed by atoms with Gasteiger partial charge in [0.2, 0.25) is 0 Å². The van der Waals surface area contributed by atoms with Gasteiger partial charge in [0.15, 0.2) is 0 Å². The van der Waals surface area contributed by atoms with Crippen LogP contribution in [0.2, 0.25) is 0 Å². The number of aryl methyl sites for hydroxylation is 1. The molecule has 1 aliphatic rings. The molecule has 2 heterocycles. The summed E-state index contributed by atoms with van der Waals surface area (Å²) >= 11 is 1.76. The Morgan fingerprint density at radius 2 is 1.97 bits per heavy atom. The van der Waals surface area contributed by atoms with Crippen molar-refractivity contribution in [1.29, 1.82) is 0 Å². The minimum Gasteiger partial charge on any atom is -0.326 e. The van der Waals surface area contributed by atoms with Gasteiger partial charge >= 0.3 is 0 Å². The standard InChI is InChI=1S/C23H23N5S/c1-15-21-12-19(8-9-22(21)26-25-15)23-27-28(14-29-23)13-20(24)11-16-6-7-17-4-2-3-5-18(17)10-16/h2-10,12,20H,11,13-14,24H2,1H3,(H,25,26). The van der Waals surface area contributed by atoms with E-state index in [9.17, 15) is 0 Å². The van der Waals surface area contributed by atoms with Gasteiger partial charge in [-0.15, -0.1) is 0 Å². The average molecular weight is 402 g/mol. The number of benzene rings is 3. The summed E-state index contributed by atoms with van der Waals surface area (Å²) in [5.41, 5.74) is 10.9. The van der Waals surface area contributed by atoms with E-state index in [0.29, 0.717) is 0 Å². The van der Waals surface area contributed by atoms with E-state index in [0.717, 1.165) is 46.0 Å². The van der Waals surface area contributed by atoms with Crippen LogP contribution in [-0.4, -0.2) is 38.7 Å². The van der Waals surface area contributed by atoms with Crippen molar-refractivity contribution in [3.8, 4) is 0 Å². The van der Waals surface area contributed by atoms with E-state index < -0.39 is 0 Å². The number of H-pyrrole nitrogens is 1. The molecule has 1 unspecified atom stereocenters. The highest BCUT2D eigenvalue weighted by Gasteiger charge is 2.19. The molecule has 0 bridgehead atoms. The second-order valence-electron chi connectivity index (χ2n) is 7.59. The monoisotopic (exact) mass is 401 g/mol. The third kappa shape index (κ3) is 3.73. The lowest BCUT2D eigenvalue weighted by molar-refractivity contribution is 0.320. The van der Waals surface area contributed by atoms with Gasteiger partial charge in [0.25, 0.3) is 0 Å². The topological polar surface area (TPSA) is 70.3 Å². The molecule has 29 heavy (non-hydrogen) atoms. The number of rotatable bonds is 5. The molecule has 1 atom stereocenters.